The molecule has 2 heterocycles. The zero-order chi connectivity index (χ0) is 19.9. The second-order valence-electron chi connectivity index (χ2n) is 6.69. The van der Waals surface area contributed by atoms with E-state index >= 15 is 0 Å². The van der Waals surface area contributed by atoms with E-state index in [9.17, 15) is 4.79 Å². The molecule has 1 saturated heterocycles. The van der Waals surface area contributed by atoms with E-state index in [1.54, 1.807) is 11.8 Å². The third-order valence-electron chi connectivity index (χ3n) is 4.56. The van der Waals surface area contributed by atoms with Gasteiger partial charge in [-0.05, 0) is 23.3 Å². The normalized spacial score (nSPS) is 14.6. The number of carbonyl (C=O) groups is 1. The Morgan fingerprint density at radius 3 is 2.55 bits per heavy atom. The van der Waals surface area contributed by atoms with Gasteiger partial charge < -0.3 is 4.74 Å². The lowest BCUT2D eigenvalue weighted by atomic mass is 10.1. The van der Waals surface area contributed by atoms with Crippen molar-refractivity contribution in [2.75, 3.05) is 31.6 Å². The van der Waals surface area contributed by atoms with E-state index in [1.807, 2.05) is 42.5 Å². The van der Waals surface area contributed by atoms with E-state index in [-0.39, 0.29) is 5.91 Å². The quantitative estimate of drug-likeness (QED) is 0.456. The molecule has 8 heteroatoms. The van der Waals surface area contributed by atoms with E-state index in [1.165, 1.54) is 22.5 Å². The number of aromatic nitrogens is 2. The summed E-state index contributed by atoms with van der Waals surface area (Å²) >= 11 is 3.01. The molecule has 1 fully saturated rings. The minimum absolute atomic E-state index is 0.168. The van der Waals surface area contributed by atoms with E-state index in [4.69, 9.17) is 4.74 Å². The van der Waals surface area contributed by atoms with Gasteiger partial charge in [-0.25, -0.2) is 0 Å². The summed E-state index contributed by atoms with van der Waals surface area (Å²) in [6.07, 6.45) is 0. The summed E-state index contributed by atoms with van der Waals surface area (Å²) in [5.41, 5.74) is 3.04. The zero-order valence-electron chi connectivity index (χ0n) is 15.9. The lowest BCUT2D eigenvalue weighted by Gasteiger charge is -2.26. The van der Waals surface area contributed by atoms with Crippen LogP contribution in [0.5, 0.6) is 0 Å². The molecule has 0 aliphatic carbocycles. The maximum Gasteiger partial charge on any atom is 0.257 e. The smallest absolute Gasteiger partial charge is 0.257 e. The summed E-state index contributed by atoms with van der Waals surface area (Å²) in [6.45, 7) is 4.35. The number of nitrogens with zero attached hydrogens (tertiary/aromatic N) is 3. The fourth-order valence-electron chi connectivity index (χ4n) is 2.99. The monoisotopic (exact) mass is 426 g/mol. The Labute approximate surface area is 178 Å². The first-order valence-corrected chi connectivity index (χ1v) is 11.3. The van der Waals surface area contributed by atoms with Gasteiger partial charge in [0.1, 0.15) is 0 Å². The molecule has 29 heavy (non-hydrogen) atoms. The predicted molar refractivity (Wildman–Crippen MR) is 116 cm³/mol. The molecule has 4 rings (SSSR count). The van der Waals surface area contributed by atoms with Crippen molar-refractivity contribution in [2.45, 2.75) is 16.6 Å². The van der Waals surface area contributed by atoms with Gasteiger partial charge in [0, 0.05) is 31.0 Å². The van der Waals surface area contributed by atoms with Crippen molar-refractivity contribution in [3.8, 4) is 0 Å². The summed E-state index contributed by atoms with van der Waals surface area (Å²) in [5, 5.41) is 11.6. The maximum atomic E-state index is 12.5. The first-order chi connectivity index (χ1) is 14.3. The molecule has 1 amide bonds. The zero-order valence-corrected chi connectivity index (χ0v) is 17.5. The van der Waals surface area contributed by atoms with Crippen molar-refractivity contribution >= 4 is 34.1 Å². The van der Waals surface area contributed by atoms with Crippen molar-refractivity contribution in [2.24, 2.45) is 0 Å². The molecule has 0 atom stereocenters. The number of ether oxygens (including phenoxy) is 1. The molecular weight excluding hydrogens is 404 g/mol. The number of hydrogen-bond acceptors (Lipinski definition) is 7. The van der Waals surface area contributed by atoms with Crippen molar-refractivity contribution in [3.63, 3.8) is 0 Å². The van der Waals surface area contributed by atoms with Crippen LogP contribution in [0.15, 0.2) is 58.9 Å². The molecule has 0 saturated carbocycles. The van der Waals surface area contributed by atoms with Crippen molar-refractivity contribution in [3.05, 3.63) is 71.3 Å². The highest BCUT2D eigenvalue weighted by atomic mass is 32.2. The molecule has 3 aromatic rings. The number of morpholine rings is 1. The van der Waals surface area contributed by atoms with Gasteiger partial charge in [0.2, 0.25) is 5.13 Å². The number of thioether (sulfide) groups is 1. The number of benzene rings is 2. The number of hydrogen-bond donors (Lipinski definition) is 1. The third kappa shape index (κ3) is 5.86. The van der Waals surface area contributed by atoms with Crippen LogP contribution in [0.3, 0.4) is 0 Å². The standard InChI is InChI=1S/C21H22N4O2S2/c26-19(18-8-6-16(7-9-18)14-25-10-12-27-13-11-25)22-20-23-24-21(29-20)28-15-17-4-2-1-3-5-17/h1-9H,10-15H2,(H,22,23,26). The fourth-order valence-corrected chi connectivity index (χ4v) is 4.69. The van der Waals surface area contributed by atoms with Gasteiger partial charge in [-0.1, -0.05) is 65.6 Å². The molecule has 1 aromatic heterocycles. The average Bonchev–Trinajstić information content (AvgIpc) is 3.21. The summed E-state index contributed by atoms with van der Waals surface area (Å²) in [5.74, 6) is 0.660. The van der Waals surface area contributed by atoms with Crippen LogP contribution in [0, 0.1) is 0 Å². The van der Waals surface area contributed by atoms with E-state index in [0.29, 0.717) is 10.7 Å². The van der Waals surface area contributed by atoms with Gasteiger partial charge in [0.05, 0.1) is 13.2 Å². The predicted octanol–water partition coefficient (Wildman–Crippen LogP) is 3.91. The second kappa shape index (κ2) is 9.98. The van der Waals surface area contributed by atoms with E-state index in [2.05, 4.69) is 32.5 Å². The van der Waals surface area contributed by atoms with Gasteiger partial charge >= 0.3 is 0 Å². The van der Waals surface area contributed by atoms with Gasteiger partial charge in [-0.3, -0.25) is 15.0 Å². The number of amides is 1. The SMILES string of the molecule is O=C(Nc1nnc(SCc2ccccc2)s1)c1ccc(CN2CCOCC2)cc1. The summed E-state index contributed by atoms with van der Waals surface area (Å²) in [4.78, 5) is 14.9. The first-order valence-electron chi connectivity index (χ1n) is 9.47. The lowest BCUT2D eigenvalue weighted by molar-refractivity contribution is 0.0342. The van der Waals surface area contributed by atoms with Gasteiger partial charge in [0.25, 0.3) is 5.91 Å². The van der Waals surface area contributed by atoms with E-state index in [0.717, 1.165) is 42.9 Å². The number of rotatable bonds is 7. The van der Waals surface area contributed by atoms with Crippen molar-refractivity contribution in [1.29, 1.82) is 0 Å². The first kappa shape index (κ1) is 20.0. The van der Waals surface area contributed by atoms with Crippen LogP contribution in [-0.2, 0) is 17.0 Å². The summed E-state index contributed by atoms with van der Waals surface area (Å²) in [7, 11) is 0. The van der Waals surface area contributed by atoms with Crippen molar-refractivity contribution < 1.29 is 9.53 Å². The van der Waals surface area contributed by atoms with Crippen LogP contribution in [0.1, 0.15) is 21.5 Å². The van der Waals surface area contributed by atoms with Crippen LogP contribution in [0.4, 0.5) is 5.13 Å². The highest BCUT2D eigenvalue weighted by Crippen LogP contribution is 2.28. The number of carbonyl (C=O) groups excluding carboxylic acids is 1. The van der Waals surface area contributed by atoms with Crippen LogP contribution in [0.25, 0.3) is 0 Å². The fraction of sp³-hybridized carbons (Fsp3) is 0.286. The highest BCUT2D eigenvalue weighted by Gasteiger charge is 2.13. The number of nitrogens with one attached hydrogen (secondary N) is 1. The Hall–Kier alpha value is -2.26. The topological polar surface area (TPSA) is 67.4 Å². The highest BCUT2D eigenvalue weighted by molar-refractivity contribution is 8.00. The van der Waals surface area contributed by atoms with Gasteiger partial charge in [-0.2, -0.15) is 0 Å². The minimum atomic E-state index is -0.168. The van der Waals surface area contributed by atoms with Gasteiger partial charge in [-0.15, -0.1) is 10.2 Å². The second-order valence-corrected chi connectivity index (χ2v) is 8.89. The maximum absolute atomic E-state index is 12.5. The molecule has 0 radical (unpaired) electrons. The van der Waals surface area contributed by atoms with Crippen molar-refractivity contribution in [1.82, 2.24) is 15.1 Å². The molecule has 2 aromatic carbocycles. The summed E-state index contributed by atoms with van der Waals surface area (Å²) in [6, 6.07) is 17.9. The Morgan fingerprint density at radius 1 is 1.03 bits per heavy atom. The van der Waals surface area contributed by atoms with Gasteiger partial charge in [0.15, 0.2) is 4.34 Å². The largest absolute Gasteiger partial charge is 0.379 e. The lowest BCUT2D eigenvalue weighted by Crippen LogP contribution is -2.35. The average molecular weight is 427 g/mol. The number of anilines is 1. The molecule has 0 unspecified atom stereocenters. The third-order valence-corrected chi connectivity index (χ3v) is 6.60. The molecule has 1 N–H and O–H groups in total. The molecular formula is C21H22N4O2S2. The molecule has 1 aliphatic rings. The molecule has 0 bridgehead atoms. The summed E-state index contributed by atoms with van der Waals surface area (Å²) < 4.78 is 6.22. The van der Waals surface area contributed by atoms with E-state index < -0.39 is 0 Å². The Kier molecular flexibility index (Phi) is 6.89. The Morgan fingerprint density at radius 2 is 1.79 bits per heavy atom. The Bertz CT molecular complexity index is 925. The minimum Gasteiger partial charge on any atom is -0.379 e. The van der Waals surface area contributed by atoms with Crippen LogP contribution < -0.4 is 5.32 Å². The molecule has 0 spiro atoms. The van der Waals surface area contributed by atoms with Crippen LogP contribution >= 0.6 is 23.1 Å². The molecule has 1 aliphatic heterocycles. The molecule has 6 nitrogen and oxygen atoms in total. The van der Waals surface area contributed by atoms with Crippen LogP contribution in [-0.4, -0.2) is 47.3 Å². The van der Waals surface area contributed by atoms with Crippen LogP contribution in [0.2, 0.25) is 0 Å². The molecule has 150 valence electrons. The Balaban J connectivity index is 1.29.